The second-order valence-corrected chi connectivity index (χ2v) is 11.5. The van der Waals surface area contributed by atoms with Gasteiger partial charge in [0, 0.05) is 6.42 Å². The number of ether oxygens (including phenoxy) is 1. The van der Waals surface area contributed by atoms with Crippen LogP contribution in [0.5, 0.6) is 0 Å². The van der Waals surface area contributed by atoms with Crippen LogP contribution in [0.25, 0.3) is 0 Å². The van der Waals surface area contributed by atoms with Crippen molar-refractivity contribution >= 4 is 13.8 Å². The lowest BCUT2D eigenvalue weighted by Gasteiger charge is -2.43. The molecule has 10 N–H and O–H groups in total. The van der Waals surface area contributed by atoms with Crippen LogP contribution >= 0.6 is 7.82 Å². The molecule has 234 valence electrons. The van der Waals surface area contributed by atoms with E-state index in [4.69, 9.17) is 4.74 Å². The summed E-state index contributed by atoms with van der Waals surface area (Å²) in [4.78, 5) is 23.8. The van der Waals surface area contributed by atoms with E-state index >= 15 is 0 Å². The average molecular weight is 590 g/mol. The number of rotatable bonds is 21. The van der Waals surface area contributed by atoms with Crippen LogP contribution in [0.15, 0.2) is 0 Å². The molecule has 1 aliphatic carbocycles. The third-order valence-corrected chi connectivity index (χ3v) is 7.64. The maximum Gasteiger partial charge on any atom is 0.305 e. The Hall–Kier alpha value is -0.700. The van der Waals surface area contributed by atoms with Crippen molar-refractivity contribution in [1.29, 1.82) is 0 Å². The highest BCUT2D eigenvalue weighted by Crippen LogP contribution is 2.43. The van der Waals surface area contributed by atoms with Crippen molar-refractivity contribution in [2.45, 2.75) is 140 Å². The summed E-state index contributed by atoms with van der Waals surface area (Å²) < 4.78 is 25.9. The van der Waals surface area contributed by atoms with Crippen molar-refractivity contribution in [1.82, 2.24) is 6.15 Å². The van der Waals surface area contributed by atoms with Gasteiger partial charge in [-0.2, -0.15) is 0 Å². The zero-order valence-corrected chi connectivity index (χ0v) is 24.3. The predicted octanol–water partition coefficient (Wildman–Crippen LogP) is 1.44. The fourth-order valence-electron chi connectivity index (χ4n) is 4.27. The molecule has 13 nitrogen and oxygen atoms in total. The van der Waals surface area contributed by atoms with E-state index in [1.54, 1.807) is 0 Å². The zero-order chi connectivity index (χ0) is 28.6. The van der Waals surface area contributed by atoms with Crippen LogP contribution < -0.4 is 11.0 Å². The average Bonchev–Trinajstić information content (AvgIpc) is 2.89. The smallest absolute Gasteiger partial charge is 0.305 e. The van der Waals surface area contributed by atoms with Crippen molar-refractivity contribution in [3.8, 4) is 0 Å². The number of carbonyl (C=O) groups is 1. The molecule has 1 saturated carbocycles. The fourth-order valence-corrected chi connectivity index (χ4v) is 5.24. The highest BCUT2D eigenvalue weighted by molar-refractivity contribution is 7.45. The second kappa shape index (κ2) is 21.1. The Labute approximate surface area is 231 Å². The van der Waals surface area contributed by atoms with E-state index in [1.807, 2.05) is 0 Å². The lowest BCUT2D eigenvalue weighted by Crippen LogP contribution is -2.64. The number of esters is 1. The molecule has 0 aromatic heterocycles. The maximum absolute atomic E-state index is 12.0. The van der Waals surface area contributed by atoms with Gasteiger partial charge in [-0.1, -0.05) is 84.0 Å². The van der Waals surface area contributed by atoms with Gasteiger partial charge in [0.1, 0.15) is 49.3 Å². The number of aliphatic hydroxyl groups excluding tert-OH is 6. The van der Waals surface area contributed by atoms with Crippen LogP contribution in [-0.4, -0.2) is 92.5 Å². The monoisotopic (exact) mass is 589 g/mol. The summed E-state index contributed by atoms with van der Waals surface area (Å²) in [6.07, 6.45) is 2.08. The zero-order valence-electron chi connectivity index (χ0n) is 23.4. The van der Waals surface area contributed by atoms with Gasteiger partial charge in [0.15, 0.2) is 0 Å². The number of phosphoric acid groups is 1. The van der Waals surface area contributed by atoms with E-state index in [0.29, 0.717) is 6.42 Å². The molecule has 0 aromatic carbocycles. The molecule has 14 heteroatoms. The minimum absolute atomic E-state index is 0. The summed E-state index contributed by atoms with van der Waals surface area (Å²) in [5.74, 6) is -0.524. The molecule has 0 bridgehead atoms. The number of hydrogen-bond acceptors (Lipinski definition) is 12. The molecule has 0 aromatic rings. The van der Waals surface area contributed by atoms with Crippen molar-refractivity contribution in [2.24, 2.45) is 0 Å². The fraction of sp³-hybridized carbons (Fsp3) is 0.960. The van der Waals surface area contributed by atoms with Crippen LogP contribution in [0.3, 0.4) is 0 Å². The van der Waals surface area contributed by atoms with Crippen LogP contribution in [0, 0.1) is 0 Å². The molecular formula is C25H52NO12P. The lowest BCUT2D eigenvalue weighted by atomic mass is 9.85. The summed E-state index contributed by atoms with van der Waals surface area (Å²) in [5, 5.41) is 58.3. The largest absolute Gasteiger partial charge is 0.756 e. The number of phosphoric ester groups is 1. The summed E-state index contributed by atoms with van der Waals surface area (Å²) in [5.41, 5.74) is 0. The molecule has 1 aliphatic rings. The van der Waals surface area contributed by atoms with Gasteiger partial charge < -0.3 is 55.5 Å². The molecule has 0 saturated heterocycles. The quantitative estimate of drug-likeness (QED) is 0.0571. The van der Waals surface area contributed by atoms with Crippen molar-refractivity contribution < 1.29 is 58.7 Å². The Morgan fingerprint density at radius 2 is 1.15 bits per heavy atom. The molecule has 0 spiro atoms. The molecule has 0 amide bonds. The molecule has 1 fully saturated rings. The molecule has 0 aliphatic heterocycles. The van der Waals surface area contributed by atoms with Crippen molar-refractivity contribution in [3.05, 3.63) is 0 Å². The van der Waals surface area contributed by atoms with Gasteiger partial charge in [-0.25, -0.2) is 0 Å². The Balaban J connectivity index is 0.0000144. The minimum atomic E-state index is -5.23. The SMILES string of the molecule is CCCCCCCCCCCCCCCC(=O)OC[C@@H](O)COP(=O)([O-])OC1[C@H](O)[C@H](O)C(O)[C@H](O)[C@H]1O.[NH4+]. The van der Waals surface area contributed by atoms with Gasteiger partial charge in [0.2, 0.25) is 0 Å². The summed E-state index contributed by atoms with van der Waals surface area (Å²) in [7, 11) is -5.23. The number of unbranched alkanes of at least 4 members (excludes halogenated alkanes) is 12. The van der Waals surface area contributed by atoms with Crippen LogP contribution in [-0.2, 0) is 23.1 Å². The predicted molar refractivity (Wildman–Crippen MR) is 142 cm³/mol. The Morgan fingerprint density at radius 3 is 1.62 bits per heavy atom. The molecule has 0 radical (unpaired) electrons. The van der Waals surface area contributed by atoms with E-state index in [2.05, 4.69) is 16.0 Å². The number of aliphatic hydroxyl groups is 6. The molecule has 0 heterocycles. The number of carbonyl (C=O) groups excluding carboxylic acids is 1. The van der Waals surface area contributed by atoms with Crippen LogP contribution in [0.4, 0.5) is 0 Å². The maximum atomic E-state index is 12.0. The third kappa shape index (κ3) is 15.8. The summed E-state index contributed by atoms with van der Waals surface area (Å²) in [6, 6.07) is 0. The number of hydrogen-bond donors (Lipinski definition) is 7. The Bertz CT molecular complexity index is 671. The highest BCUT2D eigenvalue weighted by Gasteiger charge is 2.50. The number of quaternary nitrogens is 1. The van der Waals surface area contributed by atoms with Gasteiger partial charge in [-0.3, -0.25) is 9.36 Å². The van der Waals surface area contributed by atoms with Crippen molar-refractivity contribution in [3.63, 3.8) is 0 Å². The first-order chi connectivity index (χ1) is 18.0. The van der Waals surface area contributed by atoms with Gasteiger partial charge in [-0.05, 0) is 6.42 Å². The molecule has 1 rings (SSSR count). The first-order valence-electron chi connectivity index (χ1n) is 13.9. The molecule has 39 heavy (non-hydrogen) atoms. The first kappa shape index (κ1) is 38.3. The van der Waals surface area contributed by atoms with Crippen LogP contribution in [0.2, 0.25) is 0 Å². The van der Waals surface area contributed by atoms with Gasteiger partial charge in [0.05, 0.1) is 6.61 Å². The van der Waals surface area contributed by atoms with Crippen LogP contribution in [0.1, 0.15) is 96.8 Å². The Morgan fingerprint density at radius 1 is 0.744 bits per heavy atom. The summed E-state index contributed by atoms with van der Waals surface area (Å²) >= 11 is 0. The topological polar surface area (TPSA) is 243 Å². The first-order valence-corrected chi connectivity index (χ1v) is 15.3. The normalized spacial score (nSPS) is 27.4. The molecule has 8 atom stereocenters. The van der Waals surface area contributed by atoms with Gasteiger partial charge >= 0.3 is 5.97 Å². The van der Waals surface area contributed by atoms with E-state index in [9.17, 15) is 44.9 Å². The molecular weight excluding hydrogens is 537 g/mol. The van der Waals surface area contributed by atoms with E-state index in [0.717, 1.165) is 19.3 Å². The Kier molecular flexibility index (Phi) is 20.7. The lowest BCUT2D eigenvalue weighted by molar-refractivity contribution is -0.261. The van der Waals surface area contributed by atoms with Gasteiger partial charge in [0.25, 0.3) is 7.82 Å². The van der Waals surface area contributed by atoms with Gasteiger partial charge in [-0.15, -0.1) is 0 Å². The minimum Gasteiger partial charge on any atom is -0.756 e. The van der Waals surface area contributed by atoms with E-state index in [1.165, 1.54) is 57.8 Å². The van der Waals surface area contributed by atoms with E-state index < -0.39 is 69.7 Å². The van der Waals surface area contributed by atoms with E-state index in [-0.39, 0.29) is 12.6 Å². The second-order valence-electron chi connectivity index (χ2n) is 10.1. The third-order valence-electron chi connectivity index (χ3n) is 6.67. The summed E-state index contributed by atoms with van der Waals surface area (Å²) in [6.45, 7) is 0.881. The standard InChI is InChI=1S/C25H49O12P.H3N/c1-2-3-4-5-6-7-8-9-10-11-12-13-14-15-19(27)35-16-18(26)17-36-38(33,34)37-25-23(31)21(29)20(28)22(30)24(25)32;/h18,20-26,28-32H,2-17H2,1H3,(H,33,34);1H3/t18-,20?,21-,22+,23-,24-,25?;/m1./s1. The highest BCUT2D eigenvalue weighted by atomic mass is 31.2. The molecule has 3 unspecified atom stereocenters. The van der Waals surface area contributed by atoms with Crippen molar-refractivity contribution in [2.75, 3.05) is 13.2 Å².